The molecule has 128 valence electrons. The van der Waals surface area contributed by atoms with Crippen molar-refractivity contribution in [2.75, 3.05) is 4.90 Å². The van der Waals surface area contributed by atoms with E-state index in [1.54, 1.807) is 12.2 Å². The van der Waals surface area contributed by atoms with Gasteiger partial charge in [0, 0.05) is 17.1 Å². The maximum Gasteiger partial charge on any atom is 0.488 e. The lowest BCUT2D eigenvalue weighted by Gasteiger charge is -2.28. The summed E-state index contributed by atoms with van der Waals surface area (Å²) in [6.07, 6.45) is 14.9. The average Bonchev–Trinajstić information content (AvgIpc) is 2.65. The molecule has 4 heteroatoms. The predicted octanol–water partition coefficient (Wildman–Crippen LogP) is 4.09. The Labute approximate surface area is 150 Å². The fourth-order valence-corrected chi connectivity index (χ4v) is 2.64. The Hall–Kier alpha value is -2.56. The number of anilines is 1. The molecule has 2 rings (SSSR count). The third kappa shape index (κ3) is 4.96. The molecule has 0 saturated heterocycles. The lowest BCUT2D eigenvalue weighted by Crippen LogP contribution is -2.21. The van der Waals surface area contributed by atoms with Crippen LogP contribution in [0, 0.1) is 0 Å². The topological polar surface area (TPSA) is 43.7 Å². The van der Waals surface area contributed by atoms with Gasteiger partial charge in [0.1, 0.15) is 0 Å². The van der Waals surface area contributed by atoms with E-state index in [0.717, 1.165) is 23.4 Å². The van der Waals surface area contributed by atoms with Crippen LogP contribution in [0.1, 0.15) is 18.9 Å². The molecule has 1 aromatic rings. The van der Waals surface area contributed by atoms with Crippen molar-refractivity contribution in [3.63, 3.8) is 0 Å². The van der Waals surface area contributed by atoms with Crippen LogP contribution in [0.2, 0.25) is 0 Å². The van der Waals surface area contributed by atoms with Gasteiger partial charge in [-0.1, -0.05) is 68.7 Å². The molecule has 0 unspecified atom stereocenters. The second kappa shape index (κ2) is 9.07. The fourth-order valence-electron chi connectivity index (χ4n) is 2.64. The van der Waals surface area contributed by atoms with E-state index in [1.807, 2.05) is 53.5 Å². The Balaban J connectivity index is 2.47. The van der Waals surface area contributed by atoms with Gasteiger partial charge in [0.15, 0.2) is 0 Å². The van der Waals surface area contributed by atoms with Gasteiger partial charge in [-0.2, -0.15) is 0 Å². The first-order valence-corrected chi connectivity index (χ1v) is 8.38. The number of hydrogen-bond acceptors (Lipinski definition) is 3. The zero-order chi connectivity index (χ0) is 18.2. The lowest BCUT2D eigenvalue weighted by molar-refractivity contribution is 0.420. The van der Waals surface area contributed by atoms with Crippen molar-refractivity contribution >= 4 is 12.8 Å². The summed E-state index contributed by atoms with van der Waals surface area (Å²) in [5.74, 6) is 0. The smallest absolute Gasteiger partial charge is 0.423 e. The standard InChI is InChI=1S/C21H24BNO2/c1-4-5-6-7-11-17(2)23-18(3)16-20(22(24)25)14-10-13-19-12-8-9-15-21(19)23/h5-12,14-16,24-25H,2-4,13H2,1H3/b6-5-,11-7-,14-10-,20-16+. The Kier molecular flexibility index (Phi) is 6.81. The molecule has 3 nitrogen and oxygen atoms in total. The van der Waals surface area contributed by atoms with Crippen LogP contribution < -0.4 is 4.90 Å². The van der Waals surface area contributed by atoms with Gasteiger partial charge in [-0.25, -0.2) is 0 Å². The minimum Gasteiger partial charge on any atom is -0.423 e. The van der Waals surface area contributed by atoms with Crippen molar-refractivity contribution in [1.29, 1.82) is 0 Å². The molecule has 0 spiro atoms. The first kappa shape index (κ1) is 18.8. The van der Waals surface area contributed by atoms with E-state index in [0.29, 0.717) is 17.6 Å². The molecular formula is C21H24BNO2. The van der Waals surface area contributed by atoms with Gasteiger partial charge in [-0.3, -0.25) is 0 Å². The fraction of sp³-hybridized carbons (Fsp3) is 0.143. The minimum absolute atomic E-state index is 0.394. The summed E-state index contributed by atoms with van der Waals surface area (Å²) in [4.78, 5) is 1.93. The molecule has 0 bridgehead atoms. The van der Waals surface area contributed by atoms with E-state index in [-0.39, 0.29) is 0 Å². The maximum absolute atomic E-state index is 9.58. The van der Waals surface area contributed by atoms with E-state index in [1.165, 1.54) is 0 Å². The van der Waals surface area contributed by atoms with Gasteiger partial charge in [-0.15, -0.1) is 0 Å². The highest BCUT2D eigenvalue weighted by Crippen LogP contribution is 2.30. The summed E-state index contributed by atoms with van der Waals surface area (Å²) >= 11 is 0. The molecule has 1 heterocycles. The first-order valence-electron chi connectivity index (χ1n) is 8.38. The Bertz CT molecular complexity index is 757. The molecule has 2 N–H and O–H groups in total. The van der Waals surface area contributed by atoms with Crippen molar-refractivity contribution in [3.05, 3.63) is 102 Å². The van der Waals surface area contributed by atoms with Gasteiger partial charge in [-0.05, 0) is 42.1 Å². The number of para-hydroxylation sites is 1. The molecule has 0 atom stereocenters. The van der Waals surface area contributed by atoms with Crippen molar-refractivity contribution in [3.8, 4) is 0 Å². The van der Waals surface area contributed by atoms with E-state index in [4.69, 9.17) is 0 Å². The van der Waals surface area contributed by atoms with Gasteiger partial charge < -0.3 is 14.9 Å². The van der Waals surface area contributed by atoms with Crippen molar-refractivity contribution in [2.24, 2.45) is 0 Å². The monoisotopic (exact) mass is 333 g/mol. The third-order valence-corrected chi connectivity index (χ3v) is 3.86. The first-order chi connectivity index (χ1) is 12.0. The molecular weight excluding hydrogens is 309 g/mol. The van der Waals surface area contributed by atoms with Crippen LogP contribution in [-0.2, 0) is 6.42 Å². The van der Waals surface area contributed by atoms with Crippen LogP contribution in [0.15, 0.2) is 96.8 Å². The zero-order valence-electron chi connectivity index (χ0n) is 14.6. The Morgan fingerprint density at radius 2 is 2.04 bits per heavy atom. The summed E-state index contributed by atoms with van der Waals surface area (Å²) in [5, 5.41) is 19.2. The number of rotatable bonds is 5. The second-order valence-corrected chi connectivity index (χ2v) is 5.77. The summed E-state index contributed by atoms with van der Waals surface area (Å²) in [6, 6.07) is 8.03. The lowest BCUT2D eigenvalue weighted by atomic mass is 9.78. The highest BCUT2D eigenvalue weighted by Gasteiger charge is 2.19. The highest BCUT2D eigenvalue weighted by molar-refractivity contribution is 6.51. The van der Waals surface area contributed by atoms with Crippen molar-refractivity contribution < 1.29 is 10.0 Å². The quantitative estimate of drug-likeness (QED) is 0.630. The van der Waals surface area contributed by atoms with Crippen LogP contribution in [-0.4, -0.2) is 17.2 Å². The molecule has 0 aromatic heterocycles. The van der Waals surface area contributed by atoms with Crippen LogP contribution in [0.25, 0.3) is 0 Å². The average molecular weight is 333 g/mol. The highest BCUT2D eigenvalue weighted by atomic mass is 16.4. The van der Waals surface area contributed by atoms with Crippen LogP contribution in [0.4, 0.5) is 5.69 Å². The van der Waals surface area contributed by atoms with E-state index in [2.05, 4.69) is 26.2 Å². The third-order valence-electron chi connectivity index (χ3n) is 3.86. The molecule has 0 saturated carbocycles. The molecule has 1 aromatic carbocycles. The number of hydrogen-bond donors (Lipinski definition) is 2. The number of benzene rings is 1. The normalized spacial score (nSPS) is 18.3. The molecule has 0 fully saturated rings. The number of nitrogens with zero attached hydrogens (tertiary/aromatic N) is 1. The molecule has 1 aliphatic heterocycles. The molecule has 1 aliphatic rings. The van der Waals surface area contributed by atoms with Gasteiger partial charge >= 0.3 is 7.12 Å². The summed E-state index contributed by atoms with van der Waals surface area (Å²) in [7, 11) is -1.55. The Morgan fingerprint density at radius 1 is 1.28 bits per heavy atom. The van der Waals surface area contributed by atoms with Gasteiger partial charge in [0.2, 0.25) is 0 Å². The summed E-state index contributed by atoms with van der Waals surface area (Å²) in [6.45, 7) is 10.4. The zero-order valence-corrected chi connectivity index (χ0v) is 14.6. The second-order valence-electron chi connectivity index (χ2n) is 5.77. The molecule has 25 heavy (non-hydrogen) atoms. The van der Waals surface area contributed by atoms with Crippen LogP contribution in [0.3, 0.4) is 0 Å². The summed E-state index contributed by atoms with van der Waals surface area (Å²) in [5.41, 5.74) is 3.86. The van der Waals surface area contributed by atoms with Gasteiger partial charge in [0.25, 0.3) is 0 Å². The maximum atomic E-state index is 9.58. The minimum atomic E-state index is -1.55. The van der Waals surface area contributed by atoms with Gasteiger partial charge in [0.05, 0.1) is 0 Å². The van der Waals surface area contributed by atoms with Crippen LogP contribution in [0.5, 0.6) is 0 Å². The van der Waals surface area contributed by atoms with Crippen molar-refractivity contribution in [1.82, 2.24) is 0 Å². The van der Waals surface area contributed by atoms with Crippen molar-refractivity contribution in [2.45, 2.75) is 19.8 Å². The molecule has 0 amide bonds. The Morgan fingerprint density at radius 3 is 2.76 bits per heavy atom. The van der Waals surface area contributed by atoms with E-state index >= 15 is 0 Å². The molecule has 0 radical (unpaired) electrons. The largest absolute Gasteiger partial charge is 0.488 e. The molecule has 0 aliphatic carbocycles. The van der Waals surface area contributed by atoms with E-state index in [9.17, 15) is 10.0 Å². The number of fused-ring (bicyclic) bond motifs is 1. The van der Waals surface area contributed by atoms with Crippen LogP contribution >= 0.6 is 0 Å². The van der Waals surface area contributed by atoms with E-state index < -0.39 is 7.12 Å². The SMILES string of the molecule is C=C(/C=C\C=C/CC)N1C(=C)/C=C(B(O)O)\C=C/Cc2ccccc21. The predicted molar refractivity (Wildman–Crippen MR) is 107 cm³/mol. The summed E-state index contributed by atoms with van der Waals surface area (Å²) < 4.78 is 0. The number of allylic oxidation sites excluding steroid dienone is 8.